The van der Waals surface area contributed by atoms with Crippen LogP contribution in [0.1, 0.15) is 56.7 Å². The quantitative estimate of drug-likeness (QED) is 0.679. The molecule has 0 aromatic heterocycles. The number of carbonyl (C=O) groups excluding carboxylic acids is 2. The van der Waals surface area contributed by atoms with Crippen LogP contribution in [0.5, 0.6) is 0 Å². The molecule has 5 heteroatoms. The van der Waals surface area contributed by atoms with Crippen molar-refractivity contribution in [3.63, 3.8) is 0 Å². The van der Waals surface area contributed by atoms with E-state index in [4.69, 9.17) is 0 Å². The molecule has 156 valence electrons. The number of halogens is 1. The Morgan fingerprint density at radius 1 is 0.966 bits per heavy atom. The number of nitrogens with zero attached hydrogens (tertiary/aromatic N) is 1. The zero-order valence-corrected chi connectivity index (χ0v) is 17.7. The van der Waals surface area contributed by atoms with Gasteiger partial charge < -0.3 is 10.2 Å². The summed E-state index contributed by atoms with van der Waals surface area (Å²) >= 11 is 0. The van der Waals surface area contributed by atoms with Crippen molar-refractivity contribution < 1.29 is 14.0 Å². The smallest absolute Gasteiger partial charge is 0.242 e. The maximum Gasteiger partial charge on any atom is 0.242 e. The summed E-state index contributed by atoms with van der Waals surface area (Å²) in [6.07, 6.45) is 0.922. The van der Waals surface area contributed by atoms with Crippen molar-refractivity contribution in [2.24, 2.45) is 0 Å². The van der Waals surface area contributed by atoms with Gasteiger partial charge in [-0.25, -0.2) is 4.39 Å². The fourth-order valence-electron chi connectivity index (χ4n) is 3.16. The van der Waals surface area contributed by atoms with Gasteiger partial charge in [-0.2, -0.15) is 0 Å². The fourth-order valence-corrected chi connectivity index (χ4v) is 3.16. The van der Waals surface area contributed by atoms with Crippen LogP contribution in [0.15, 0.2) is 48.5 Å². The maximum atomic E-state index is 13.2. The lowest BCUT2D eigenvalue weighted by molar-refractivity contribution is -0.140. The molecule has 2 amide bonds. The Balaban J connectivity index is 2.10. The second-order valence-corrected chi connectivity index (χ2v) is 7.61. The van der Waals surface area contributed by atoms with Crippen molar-refractivity contribution in [1.82, 2.24) is 10.2 Å². The highest BCUT2D eigenvalue weighted by molar-refractivity contribution is 5.87. The number of hydrogen-bond donors (Lipinski definition) is 1. The van der Waals surface area contributed by atoms with E-state index in [2.05, 4.69) is 43.4 Å². The van der Waals surface area contributed by atoms with Gasteiger partial charge in [0.1, 0.15) is 11.9 Å². The number of likely N-dealkylation sites (N-methyl/N-ethyl adjacent to an activating group) is 1. The number of benzene rings is 2. The van der Waals surface area contributed by atoms with E-state index in [1.165, 1.54) is 17.7 Å². The van der Waals surface area contributed by atoms with Gasteiger partial charge in [0, 0.05) is 19.5 Å². The lowest BCUT2D eigenvalue weighted by Gasteiger charge is -2.29. The van der Waals surface area contributed by atoms with E-state index in [1.54, 1.807) is 24.0 Å². The second kappa shape index (κ2) is 10.7. The number of amides is 2. The van der Waals surface area contributed by atoms with Crippen LogP contribution in [0.2, 0.25) is 0 Å². The molecule has 1 atom stereocenters. The minimum absolute atomic E-state index is 0.0963. The summed E-state index contributed by atoms with van der Waals surface area (Å²) in [6, 6.07) is 13.7. The molecule has 0 saturated carbocycles. The van der Waals surface area contributed by atoms with Crippen LogP contribution in [0.3, 0.4) is 0 Å². The van der Waals surface area contributed by atoms with Gasteiger partial charge in [0.25, 0.3) is 0 Å². The Labute approximate surface area is 173 Å². The van der Waals surface area contributed by atoms with E-state index >= 15 is 0 Å². The standard InChI is InChI=1S/C24H31FN2O2/c1-5-26-24(29)18(4)27(16-20-8-13-22(25)14-9-20)23(28)15-10-19-6-11-21(12-7-19)17(2)3/h6-9,11-14,17-18H,5,10,15-16H2,1-4H3,(H,26,29). The van der Waals surface area contributed by atoms with Crippen molar-refractivity contribution >= 4 is 11.8 Å². The molecule has 0 fully saturated rings. The molecule has 0 radical (unpaired) electrons. The molecule has 0 aliphatic carbocycles. The summed E-state index contributed by atoms with van der Waals surface area (Å²) < 4.78 is 13.2. The van der Waals surface area contributed by atoms with Gasteiger partial charge in [-0.1, -0.05) is 50.2 Å². The van der Waals surface area contributed by atoms with Gasteiger partial charge >= 0.3 is 0 Å². The molecule has 2 rings (SSSR count). The minimum atomic E-state index is -0.601. The van der Waals surface area contributed by atoms with E-state index in [9.17, 15) is 14.0 Å². The third-order valence-electron chi connectivity index (χ3n) is 5.06. The van der Waals surface area contributed by atoms with Gasteiger partial charge in [0.15, 0.2) is 0 Å². The summed E-state index contributed by atoms with van der Waals surface area (Å²) in [7, 11) is 0. The average molecular weight is 399 g/mol. The Morgan fingerprint density at radius 2 is 1.55 bits per heavy atom. The van der Waals surface area contributed by atoms with Crippen LogP contribution in [0.25, 0.3) is 0 Å². The molecule has 1 N–H and O–H groups in total. The number of hydrogen-bond acceptors (Lipinski definition) is 2. The average Bonchev–Trinajstić information content (AvgIpc) is 2.71. The fraction of sp³-hybridized carbons (Fsp3) is 0.417. The molecule has 4 nitrogen and oxygen atoms in total. The first-order valence-electron chi connectivity index (χ1n) is 10.2. The molecule has 0 aliphatic heterocycles. The molecular formula is C24H31FN2O2. The van der Waals surface area contributed by atoms with Gasteiger partial charge in [-0.15, -0.1) is 0 Å². The number of aryl methyl sites for hydroxylation is 1. The number of nitrogens with one attached hydrogen (secondary N) is 1. The second-order valence-electron chi connectivity index (χ2n) is 7.61. The van der Waals surface area contributed by atoms with E-state index in [0.29, 0.717) is 25.3 Å². The number of carbonyl (C=O) groups is 2. The first-order valence-corrected chi connectivity index (χ1v) is 10.2. The normalized spacial score (nSPS) is 11.9. The Kier molecular flexibility index (Phi) is 8.37. The first-order chi connectivity index (χ1) is 13.8. The lowest BCUT2D eigenvalue weighted by Crippen LogP contribution is -2.47. The summed E-state index contributed by atoms with van der Waals surface area (Å²) in [5.41, 5.74) is 3.15. The topological polar surface area (TPSA) is 49.4 Å². The van der Waals surface area contributed by atoms with Gasteiger partial charge in [-0.3, -0.25) is 9.59 Å². The zero-order chi connectivity index (χ0) is 21.4. The van der Waals surface area contributed by atoms with Crippen LogP contribution in [0.4, 0.5) is 4.39 Å². The summed E-state index contributed by atoms with van der Waals surface area (Å²) in [5, 5.41) is 2.77. The Hall–Kier alpha value is -2.69. The van der Waals surface area contributed by atoms with Crippen LogP contribution >= 0.6 is 0 Å². The molecule has 1 unspecified atom stereocenters. The maximum absolute atomic E-state index is 13.2. The SMILES string of the molecule is CCNC(=O)C(C)N(Cc1ccc(F)cc1)C(=O)CCc1ccc(C(C)C)cc1. The third kappa shape index (κ3) is 6.70. The van der Waals surface area contributed by atoms with Crippen molar-refractivity contribution in [3.05, 3.63) is 71.0 Å². The summed E-state index contributed by atoms with van der Waals surface area (Å²) in [6.45, 7) is 8.64. The van der Waals surface area contributed by atoms with Crippen molar-refractivity contribution in [3.8, 4) is 0 Å². The van der Waals surface area contributed by atoms with Crippen molar-refractivity contribution in [2.75, 3.05) is 6.54 Å². The predicted molar refractivity (Wildman–Crippen MR) is 114 cm³/mol. The molecule has 0 aliphatic rings. The Bertz CT molecular complexity index is 801. The lowest BCUT2D eigenvalue weighted by atomic mass is 10.00. The molecule has 0 spiro atoms. The van der Waals surface area contributed by atoms with Crippen LogP contribution in [0, 0.1) is 5.82 Å². The monoisotopic (exact) mass is 398 g/mol. The zero-order valence-electron chi connectivity index (χ0n) is 17.7. The minimum Gasteiger partial charge on any atom is -0.355 e. The molecule has 29 heavy (non-hydrogen) atoms. The van der Waals surface area contributed by atoms with Gasteiger partial charge in [0.05, 0.1) is 0 Å². The predicted octanol–water partition coefficient (Wildman–Crippen LogP) is 4.44. The summed E-state index contributed by atoms with van der Waals surface area (Å²) in [5.74, 6) is -0.145. The van der Waals surface area contributed by atoms with E-state index in [1.807, 2.05) is 6.92 Å². The summed E-state index contributed by atoms with van der Waals surface area (Å²) in [4.78, 5) is 26.9. The first kappa shape index (κ1) is 22.6. The van der Waals surface area contributed by atoms with E-state index in [-0.39, 0.29) is 24.2 Å². The van der Waals surface area contributed by atoms with Crippen LogP contribution in [-0.4, -0.2) is 29.3 Å². The van der Waals surface area contributed by atoms with Crippen molar-refractivity contribution in [2.45, 2.75) is 59.0 Å². The van der Waals surface area contributed by atoms with E-state index in [0.717, 1.165) is 11.1 Å². The largest absolute Gasteiger partial charge is 0.355 e. The molecule has 0 bridgehead atoms. The molecular weight excluding hydrogens is 367 g/mol. The van der Waals surface area contributed by atoms with Crippen LogP contribution < -0.4 is 5.32 Å². The van der Waals surface area contributed by atoms with Crippen LogP contribution in [-0.2, 0) is 22.6 Å². The van der Waals surface area contributed by atoms with Crippen molar-refractivity contribution in [1.29, 1.82) is 0 Å². The van der Waals surface area contributed by atoms with E-state index < -0.39 is 6.04 Å². The Morgan fingerprint density at radius 3 is 2.10 bits per heavy atom. The number of rotatable bonds is 9. The van der Waals surface area contributed by atoms with Gasteiger partial charge in [-0.05, 0) is 55.0 Å². The molecule has 2 aromatic carbocycles. The molecule has 0 heterocycles. The highest BCUT2D eigenvalue weighted by Gasteiger charge is 2.25. The highest BCUT2D eigenvalue weighted by Crippen LogP contribution is 2.17. The van der Waals surface area contributed by atoms with Gasteiger partial charge in [0.2, 0.25) is 11.8 Å². The third-order valence-corrected chi connectivity index (χ3v) is 5.06. The molecule has 2 aromatic rings. The molecule has 0 saturated heterocycles. The highest BCUT2D eigenvalue weighted by atomic mass is 19.1.